The van der Waals surface area contributed by atoms with E-state index in [1.54, 1.807) is 7.11 Å². The van der Waals surface area contributed by atoms with Gasteiger partial charge in [0, 0.05) is 16.6 Å². The zero-order valence-electron chi connectivity index (χ0n) is 14.9. The SMILES string of the molecule is COc1cccc(CN2C(=O)c3cc(Br)ccc3C23CCC(C(=O)O)C3)c1. The number of amides is 1. The number of carboxylic acid groups (broad SMARTS) is 1. The Morgan fingerprint density at radius 3 is 2.85 bits per heavy atom. The maximum absolute atomic E-state index is 13.3. The summed E-state index contributed by atoms with van der Waals surface area (Å²) in [7, 11) is 1.61. The fraction of sp³-hybridized carbons (Fsp3) is 0.333. The fourth-order valence-electron chi connectivity index (χ4n) is 4.49. The van der Waals surface area contributed by atoms with Gasteiger partial charge in [-0.25, -0.2) is 0 Å². The first-order valence-corrected chi connectivity index (χ1v) is 9.71. The molecule has 0 bridgehead atoms. The monoisotopic (exact) mass is 429 g/mol. The number of ether oxygens (including phenoxy) is 1. The van der Waals surface area contributed by atoms with Gasteiger partial charge in [-0.1, -0.05) is 34.1 Å². The van der Waals surface area contributed by atoms with Crippen LogP contribution < -0.4 is 4.74 Å². The summed E-state index contributed by atoms with van der Waals surface area (Å²) in [4.78, 5) is 26.7. The average Bonchev–Trinajstić information content (AvgIpc) is 3.19. The Hall–Kier alpha value is -2.34. The van der Waals surface area contributed by atoms with Crippen LogP contribution in [0.1, 0.15) is 40.7 Å². The Balaban J connectivity index is 1.77. The fourth-order valence-corrected chi connectivity index (χ4v) is 4.85. The van der Waals surface area contributed by atoms with Gasteiger partial charge in [0.25, 0.3) is 5.91 Å². The van der Waals surface area contributed by atoms with Crippen molar-refractivity contribution in [1.82, 2.24) is 4.90 Å². The molecule has 0 aromatic heterocycles. The number of carbonyl (C=O) groups is 2. The number of nitrogens with zero attached hydrogens (tertiary/aromatic N) is 1. The van der Waals surface area contributed by atoms with E-state index in [0.717, 1.165) is 21.3 Å². The normalized spacial score (nSPS) is 23.7. The van der Waals surface area contributed by atoms with Gasteiger partial charge >= 0.3 is 5.97 Å². The first-order chi connectivity index (χ1) is 12.9. The number of carboxylic acids is 1. The van der Waals surface area contributed by atoms with Crippen LogP contribution in [-0.4, -0.2) is 29.0 Å². The van der Waals surface area contributed by atoms with E-state index in [4.69, 9.17) is 4.74 Å². The quantitative estimate of drug-likeness (QED) is 0.790. The predicted molar refractivity (Wildman–Crippen MR) is 104 cm³/mol. The number of benzene rings is 2. The van der Waals surface area contributed by atoms with E-state index >= 15 is 0 Å². The smallest absolute Gasteiger partial charge is 0.306 e. The molecular formula is C21H20BrNO4. The van der Waals surface area contributed by atoms with Crippen molar-refractivity contribution in [2.75, 3.05) is 7.11 Å². The lowest BCUT2D eigenvalue weighted by molar-refractivity contribution is -0.141. The summed E-state index contributed by atoms with van der Waals surface area (Å²) in [5.74, 6) is -0.519. The van der Waals surface area contributed by atoms with Crippen LogP contribution in [-0.2, 0) is 16.9 Å². The summed E-state index contributed by atoms with van der Waals surface area (Å²) in [5.41, 5.74) is 2.02. The van der Waals surface area contributed by atoms with Crippen molar-refractivity contribution in [1.29, 1.82) is 0 Å². The van der Waals surface area contributed by atoms with Crippen LogP contribution in [0.2, 0.25) is 0 Å². The molecule has 0 radical (unpaired) electrons. The minimum atomic E-state index is -0.786. The lowest BCUT2D eigenvalue weighted by atomic mass is 9.86. The molecule has 1 aliphatic carbocycles. The molecule has 1 aliphatic heterocycles. The van der Waals surface area contributed by atoms with Crippen molar-refractivity contribution in [3.63, 3.8) is 0 Å². The number of rotatable bonds is 4. The summed E-state index contributed by atoms with van der Waals surface area (Å²) in [5, 5.41) is 9.53. The first-order valence-electron chi connectivity index (χ1n) is 8.92. The summed E-state index contributed by atoms with van der Waals surface area (Å²) < 4.78 is 6.15. The molecule has 6 heteroatoms. The van der Waals surface area contributed by atoms with Crippen molar-refractivity contribution in [3.8, 4) is 5.75 Å². The molecule has 1 heterocycles. The molecule has 4 rings (SSSR count). The molecule has 140 valence electrons. The predicted octanol–water partition coefficient (Wildman–Crippen LogP) is 4.19. The molecule has 27 heavy (non-hydrogen) atoms. The summed E-state index contributed by atoms with van der Waals surface area (Å²) in [6, 6.07) is 13.4. The van der Waals surface area contributed by atoms with Gasteiger partial charge < -0.3 is 14.7 Å². The van der Waals surface area contributed by atoms with Crippen LogP contribution in [0.3, 0.4) is 0 Å². The van der Waals surface area contributed by atoms with Crippen LogP contribution in [0.5, 0.6) is 5.75 Å². The average molecular weight is 430 g/mol. The van der Waals surface area contributed by atoms with Crippen molar-refractivity contribution in [2.24, 2.45) is 5.92 Å². The lowest BCUT2D eigenvalue weighted by Crippen LogP contribution is -2.41. The summed E-state index contributed by atoms with van der Waals surface area (Å²) in [6.45, 7) is 0.425. The second-order valence-corrected chi connectivity index (χ2v) is 8.16. The third kappa shape index (κ3) is 2.92. The van der Waals surface area contributed by atoms with Crippen molar-refractivity contribution in [3.05, 3.63) is 63.6 Å². The van der Waals surface area contributed by atoms with Gasteiger partial charge in [-0.05, 0) is 54.7 Å². The van der Waals surface area contributed by atoms with Crippen molar-refractivity contribution >= 4 is 27.8 Å². The molecular weight excluding hydrogens is 410 g/mol. The molecule has 2 aromatic carbocycles. The van der Waals surface area contributed by atoms with Gasteiger partial charge in [0.15, 0.2) is 0 Å². The minimum absolute atomic E-state index is 0.0415. The van der Waals surface area contributed by atoms with Gasteiger partial charge in [-0.15, -0.1) is 0 Å². The zero-order chi connectivity index (χ0) is 19.2. The van der Waals surface area contributed by atoms with Gasteiger partial charge in [0.2, 0.25) is 0 Å². The highest BCUT2D eigenvalue weighted by Crippen LogP contribution is 2.53. The summed E-state index contributed by atoms with van der Waals surface area (Å²) >= 11 is 3.45. The Morgan fingerprint density at radius 2 is 2.15 bits per heavy atom. The highest BCUT2D eigenvalue weighted by atomic mass is 79.9. The van der Waals surface area contributed by atoms with Gasteiger partial charge in [-0.3, -0.25) is 9.59 Å². The largest absolute Gasteiger partial charge is 0.497 e. The van der Waals surface area contributed by atoms with Gasteiger partial charge in [0.05, 0.1) is 18.6 Å². The molecule has 1 N–H and O–H groups in total. The number of hydrogen-bond acceptors (Lipinski definition) is 3. The molecule has 2 aliphatic rings. The Kier molecular flexibility index (Phi) is 4.46. The first kappa shape index (κ1) is 18.0. The molecule has 2 aromatic rings. The van der Waals surface area contributed by atoms with Crippen LogP contribution in [0.4, 0.5) is 0 Å². The molecule has 1 amide bonds. The molecule has 1 spiro atoms. The third-order valence-corrected chi connectivity index (χ3v) is 6.28. The topological polar surface area (TPSA) is 66.8 Å². The molecule has 5 nitrogen and oxygen atoms in total. The Morgan fingerprint density at radius 1 is 1.33 bits per heavy atom. The molecule has 1 fully saturated rings. The number of halogens is 1. The van der Waals surface area contributed by atoms with E-state index in [1.165, 1.54) is 0 Å². The third-order valence-electron chi connectivity index (χ3n) is 5.79. The van der Waals surface area contributed by atoms with E-state index in [9.17, 15) is 14.7 Å². The molecule has 1 saturated carbocycles. The van der Waals surface area contributed by atoms with E-state index in [1.807, 2.05) is 47.4 Å². The lowest BCUT2D eigenvalue weighted by Gasteiger charge is -2.36. The van der Waals surface area contributed by atoms with E-state index in [2.05, 4.69) is 15.9 Å². The van der Waals surface area contributed by atoms with E-state index in [0.29, 0.717) is 31.4 Å². The van der Waals surface area contributed by atoms with E-state index in [-0.39, 0.29) is 5.91 Å². The van der Waals surface area contributed by atoms with Gasteiger partial charge in [-0.2, -0.15) is 0 Å². The van der Waals surface area contributed by atoms with Crippen molar-refractivity contribution < 1.29 is 19.4 Å². The summed E-state index contributed by atoms with van der Waals surface area (Å²) in [6.07, 6.45) is 1.69. The maximum atomic E-state index is 13.3. The highest BCUT2D eigenvalue weighted by Gasteiger charge is 2.54. The minimum Gasteiger partial charge on any atom is -0.497 e. The second kappa shape index (κ2) is 6.68. The van der Waals surface area contributed by atoms with E-state index < -0.39 is 17.4 Å². The number of aliphatic carboxylic acids is 1. The molecule has 2 atom stereocenters. The van der Waals surface area contributed by atoms with Crippen LogP contribution in [0.15, 0.2) is 46.9 Å². The van der Waals surface area contributed by atoms with Crippen molar-refractivity contribution in [2.45, 2.75) is 31.3 Å². The molecule has 0 saturated heterocycles. The van der Waals surface area contributed by atoms with Crippen LogP contribution >= 0.6 is 15.9 Å². The molecule has 2 unspecified atom stereocenters. The zero-order valence-corrected chi connectivity index (χ0v) is 16.5. The number of fused-ring (bicyclic) bond motifs is 2. The number of methoxy groups -OCH3 is 1. The Labute approximate surface area is 166 Å². The Bertz CT molecular complexity index is 928. The maximum Gasteiger partial charge on any atom is 0.306 e. The second-order valence-electron chi connectivity index (χ2n) is 7.24. The number of hydrogen-bond donors (Lipinski definition) is 1. The van der Waals surface area contributed by atoms with Crippen LogP contribution in [0.25, 0.3) is 0 Å². The standard InChI is InChI=1S/C21H20BrNO4/c1-27-16-4-2-3-13(9-16)12-23-19(24)17-10-15(22)5-6-18(17)21(23)8-7-14(11-21)20(25)26/h2-6,9-10,14H,7-8,11-12H2,1H3,(H,25,26). The van der Waals surface area contributed by atoms with Gasteiger partial charge in [0.1, 0.15) is 5.75 Å². The van der Waals surface area contributed by atoms with Crippen LogP contribution in [0, 0.1) is 5.92 Å². The number of carbonyl (C=O) groups excluding carboxylic acids is 1. The highest BCUT2D eigenvalue weighted by molar-refractivity contribution is 9.10.